The molecule has 3 heteroatoms. The van der Waals surface area contributed by atoms with E-state index in [1.165, 1.54) is 64.2 Å². The molecule has 0 saturated carbocycles. The monoisotopic (exact) mass is 388 g/mol. The van der Waals surface area contributed by atoms with Crippen molar-refractivity contribution >= 4 is 29.4 Å². The highest BCUT2D eigenvalue weighted by molar-refractivity contribution is 9.09. The van der Waals surface area contributed by atoms with Gasteiger partial charge in [0.2, 0.25) is 0 Å². The summed E-state index contributed by atoms with van der Waals surface area (Å²) in [6, 6.07) is 7.63. The second-order valence-electron chi connectivity index (χ2n) is 6.00. The maximum atomic E-state index is 9.81. The van der Waals surface area contributed by atoms with Gasteiger partial charge in [0.15, 0.2) is 0 Å². The molecular formula is C19H33BrOS. The first kappa shape index (κ1) is 21.9. The molecule has 0 radical (unpaired) electrons. The van der Waals surface area contributed by atoms with Gasteiger partial charge < -0.3 is 5.11 Å². The second kappa shape index (κ2) is 14.4. The van der Waals surface area contributed by atoms with Crippen LogP contribution >= 0.6 is 29.4 Å². The summed E-state index contributed by atoms with van der Waals surface area (Å²) >= 11 is 3.69. The van der Waals surface area contributed by atoms with Crippen LogP contribution in [-0.4, -0.2) is 5.11 Å². The third kappa shape index (κ3) is 9.78. The van der Waals surface area contributed by atoms with E-state index >= 15 is 0 Å². The number of benzene rings is 1. The lowest BCUT2D eigenvalue weighted by Crippen LogP contribution is -1.91. The van der Waals surface area contributed by atoms with Crippen LogP contribution in [0.2, 0.25) is 0 Å². The van der Waals surface area contributed by atoms with Crippen molar-refractivity contribution in [1.29, 1.82) is 0 Å². The van der Waals surface area contributed by atoms with Gasteiger partial charge in [-0.15, -0.1) is 0 Å². The molecule has 1 aromatic carbocycles. The van der Waals surface area contributed by atoms with Gasteiger partial charge in [0, 0.05) is 10.4 Å². The minimum absolute atomic E-state index is 0. The molecule has 0 spiro atoms. The van der Waals surface area contributed by atoms with Crippen LogP contribution in [0.15, 0.2) is 24.3 Å². The molecule has 22 heavy (non-hydrogen) atoms. The van der Waals surface area contributed by atoms with Gasteiger partial charge in [0.25, 0.3) is 0 Å². The molecule has 0 fully saturated rings. The fourth-order valence-electron chi connectivity index (χ4n) is 2.72. The van der Waals surface area contributed by atoms with Crippen LogP contribution in [0.1, 0.15) is 87.9 Å². The number of hydrogen-bond donors (Lipinski definition) is 1. The summed E-state index contributed by atoms with van der Waals surface area (Å²) in [6.45, 7) is 2.27. The topological polar surface area (TPSA) is 20.2 Å². The summed E-state index contributed by atoms with van der Waals surface area (Å²) in [5, 5.41) is 9.81. The Morgan fingerprint density at radius 1 is 0.864 bits per heavy atom. The first-order valence-electron chi connectivity index (χ1n) is 8.67. The molecule has 0 aromatic heterocycles. The molecule has 128 valence electrons. The zero-order valence-electron chi connectivity index (χ0n) is 14.0. The molecule has 1 unspecified atom stereocenters. The zero-order valence-corrected chi connectivity index (χ0v) is 16.6. The molecule has 0 aliphatic rings. The molecule has 1 aromatic rings. The maximum absolute atomic E-state index is 9.81. The van der Waals surface area contributed by atoms with Gasteiger partial charge in [0.05, 0.1) is 0 Å². The lowest BCUT2D eigenvalue weighted by atomic mass is 10.0. The van der Waals surface area contributed by atoms with E-state index in [4.69, 9.17) is 0 Å². The predicted molar refractivity (Wildman–Crippen MR) is 107 cm³/mol. The normalized spacial score (nSPS) is 11.9. The van der Waals surface area contributed by atoms with Crippen molar-refractivity contribution in [3.8, 4) is 5.75 Å². The summed E-state index contributed by atoms with van der Waals surface area (Å²) in [6.07, 6.45) is 14.8. The van der Waals surface area contributed by atoms with Crippen molar-refractivity contribution in [2.75, 3.05) is 0 Å². The number of aromatic hydroxyl groups is 1. The molecule has 0 heterocycles. The van der Waals surface area contributed by atoms with E-state index in [9.17, 15) is 5.11 Å². The number of phenolic OH excluding ortho intramolecular Hbond substituents is 1. The largest absolute Gasteiger partial charge is 0.508 e. The molecule has 0 aliphatic carbocycles. The number of phenols is 1. The highest BCUT2D eigenvalue weighted by Crippen LogP contribution is 2.34. The highest BCUT2D eigenvalue weighted by Gasteiger charge is 2.10. The van der Waals surface area contributed by atoms with E-state index in [2.05, 4.69) is 22.9 Å². The average molecular weight is 389 g/mol. The molecular weight excluding hydrogens is 356 g/mol. The van der Waals surface area contributed by atoms with Gasteiger partial charge in [-0.3, -0.25) is 0 Å². The number of hydrogen-bond acceptors (Lipinski definition) is 1. The van der Waals surface area contributed by atoms with Gasteiger partial charge in [-0.05, 0) is 12.5 Å². The first-order valence-corrected chi connectivity index (χ1v) is 9.59. The zero-order chi connectivity index (χ0) is 15.3. The number of alkyl halides is 1. The minimum atomic E-state index is 0. The van der Waals surface area contributed by atoms with E-state index in [0.29, 0.717) is 5.75 Å². The van der Waals surface area contributed by atoms with E-state index < -0.39 is 0 Å². The lowest BCUT2D eigenvalue weighted by molar-refractivity contribution is 0.465. The quantitative estimate of drug-likeness (QED) is 0.295. The molecule has 1 atom stereocenters. The van der Waals surface area contributed by atoms with Crippen LogP contribution in [0, 0.1) is 0 Å². The second-order valence-corrected chi connectivity index (χ2v) is 7.10. The standard InChI is InChI=1S/C19H31BrO.H2S/c1-2-3-4-5-6-7-8-9-10-11-15-18(20)17-14-12-13-16-19(17)21;/h12-14,16,18,21H,2-11,15H2,1H3;1H2. The van der Waals surface area contributed by atoms with Crippen LogP contribution in [0.3, 0.4) is 0 Å². The number of halogens is 1. The molecule has 1 rings (SSSR count). The third-order valence-electron chi connectivity index (χ3n) is 4.09. The summed E-state index contributed by atoms with van der Waals surface area (Å²) < 4.78 is 0. The van der Waals surface area contributed by atoms with Crippen molar-refractivity contribution < 1.29 is 5.11 Å². The molecule has 0 bridgehead atoms. The molecule has 1 nitrogen and oxygen atoms in total. The predicted octanol–water partition coefficient (Wildman–Crippen LogP) is 7.25. The highest BCUT2D eigenvalue weighted by atomic mass is 79.9. The Balaban J connectivity index is 0.00000441. The Morgan fingerprint density at radius 2 is 1.36 bits per heavy atom. The summed E-state index contributed by atoms with van der Waals surface area (Å²) in [7, 11) is 0. The minimum Gasteiger partial charge on any atom is -0.508 e. The van der Waals surface area contributed by atoms with Crippen molar-refractivity contribution in [2.24, 2.45) is 0 Å². The van der Waals surface area contributed by atoms with E-state index in [1.54, 1.807) is 6.07 Å². The van der Waals surface area contributed by atoms with Crippen molar-refractivity contribution in [3.05, 3.63) is 29.8 Å². The van der Waals surface area contributed by atoms with Crippen LogP contribution < -0.4 is 0 Å². The number of rotatable bonds is 12. The Morgan fingerprint density at radius 3 is 1.91 bits per heavy atom. The van der Waals surface area contributed by atoms with Crippen LogP contribution in [-0.2, 0) is 0 Å². The fraction of sp³-hybridized carbons (Fsp3) is 0.684. The van der Waals surface area contributed by atoms with E-state index in [-0.39, 0.29) is 18.3 Å². The van der Waals surface area contributed by atoms with Crippen LogP contribution in [0.4, 0.5) is 0 Å². The van der Waals surface area contributed by atoms with Gasteiger partial charge in [-0.2, -0.15) is 13.5 Å². The van der Waals surface area contributed by atoms with Gasteiger partial charge in [0.1, 0.15) is 5.75 Å². The van der Waals surface area contributed by atoms with Crippen molar-refractivity contribution in [2.45, 2.75) is 82.4 Å². The summed E-state index contributed by atoms with van der Waals surface area (Å²) in [5.74, 6) is 0.409. The van der Waals surface area contributed by atoms with Crippen molar-refractivity contribution in [3.63, 3.8) is 0 Å². The van der Waals surface area contributed by atoms with Crippen molar-refractivity contribution in [1.82, 2.24) is 0 Å². The Bertz CT molecular complexity index is 370. The number of para-hydroxylation sites is 1. The molecule has 0 aliphatic heterocycles. The van der Waals surface area contributed by atoms with Gasteiger partial charge in [-0.25, -0.2) is 0 Å². The third-order valence-corrected chi connectivity index (χ3v) is 5.04. The molecule has 0 amide bonds. The van der Waals surface area contributed by atoms with Gasteiger partial charge >= 0.3 is 0 Å². The Labute approximate surface area is 152 Å². The molecule has 1 N–H and O–H groups in total. The lowest BCUT2D eigenvalue weighted by Gasteiger charge is -2.11. The first-order chi connectivity index (χ1) is 10.3. The van der Waals surface area contributed by atoms with Gasteiger partial charge in [-0.1, -0.05) is 105 Å². The fourth-order valence-corrected chi connectivity index (χ4v) is 3.43. The average Bonchev–Trinajstić information content (AvgIpc) is 2.49. The maximum Gasteiger partial charge on any atom is 0.119 e. The van der Waals surface area contributed by atoms with Crippen LogP contribution in [0.5, 0.6) is 5.75 Å². The SMILES string of the molecule is CCCCCCCCCCCCC(Br)c1ccccc1O.S. The number of unbranched alkanes of at least 4 members (excludes halogenated alkanes) is 9. The Hall–Kier alpha value is -0.150. The van der Waals surface area contributed by atoms with E-state index in [0.717, 1.165) is 12.0 Å². The Kier molecular flexibility index (Phi) is 14.3. The summed E-state index contributed by atoms with van der Waals surface area (Å²) in [5.41, 5.74) is 1.02. The smallest absolute Gasteiger partial charge is 0.119 e. The summed E-state index contributed by atoms with van der Waals surface area (Å²) in [4.78, 5) is 0.285. The van der Waals surface area contributed by atoms with Crippen LogP contribution in [0.25, 0.3) is 0 Å². The molecule has 0 saturated heterocycles. The van der Waals surface area contributed by atoms with E-state index in [1.807, 2.05) is 18.2 Å².